The van der Waals surface area contributed by atoms with Crippen LogP contribution in [-0.2, 0) is 38.6 Å². The average Bonchev–Trinajstić information content (AvgIpc) is 3.20. The van der Waals surface area contributed by atoms with E-state index in [1.165, 1.54) is 32.9 Å². The summed E-state index contributed by atoms with van der Waals surface area (Å²) in [6, 6.07) is 9.25. The molecule has 0 amide bonds. The first kappa shape index (κ1) is 30.2. The summed E-state index contributed by atoms with van der Waals surface area (Å²) in [4.78, 5) is 50.7. The van der Waals surface area contributed by atoms with Crippen LogP contribution in [-0.4, -0.2) is 60.9 Å². The Morgan fingerprint density at radius 3 is 1.88 bits per heavy atom. The van der Waals surface area contributed by atoms with Crippen LogP contribution in [0, 0.1) is 17.0 Å². The van der Waals surface area contributed by atoms with Gasteiger partial charge in [0.2, 0.25) is 5.95 Å². The Balaban J connectivity index is 2.50. The Morgan fingerprint density at radius 1 is 0.925 bits per heavy atom. The molecule has 1 unspecified atom stereocenters. The Morgan fingerprint density at radius 2 is 1.43 bits per heavy atom. The van der Waals surface area contributed by atoms with Crippen LogP contribution in [0.2, 0.25) is 0 Å². The maximum absolute atomic E-state index is 16.5. The average molecular weight is 579 g/mol. The number of hydrogen-bond acceptors (Lipinski definition) is 10. The number of nitrogens with zero attached hydrogens (tertiary/aromatic N) is 2. The Hall–Kier alpha value is -4.33. The van der Waals surface area contributed by atoms with Crippen LogP contribution in [0.3, 0.4) is 0 Å². The normalized spacial score (nSPS) is 16.4. The van der Waals surface area contributed by atoms with Crippen LogP contribution < -0.4 is 0 Å². The Kier molecular flexibility index (Phi) is 8.93. The van der Waals surface area contributed by atoms with Crippen molar-refractivity contribution < 1.29 is 46.3 Å². The first-order valence-corrected chi connectivity index (χ1v) is 13.6. The van der Waals surface area contributed by atoms with Crippen molar-refractivity contribution in [3.05, 3.63) is 81.3 Å². The summed E-state index contributed by atoms with van der Waals surface area (Å²) in [7, 11) is -5.10. The smallest absolute Gasteiger partial charge is 0.345 e. The van der Waals surface area contributed by atoms with E-state index in [4.69, 9.17) is 14.2 Å². The van der Waals surface area contributed by atoms with Gasteiger partial charge in [0, 0.05) is 12.1 Å². The number of benzene rings is 2. The van der Waals surface area contributed by atoms with Crippen molar-refractivity contribution in [3.63, 3.8) is 0 Å². The predicted octanol–water partition coefficient (Wildman–Crippen LogP) is 3.30. The molecule has 1 aliphatic heterocycles. The van der Waals surface area contributed by atoms with Gasteiger partial charge in [0.15, 0.2) is 0 Å². The third kappa shape index (κ3) is 5.01. The lowest BCUT2D eigenvalue weighted by atomic mass is 9.77. The number of rotatable bonds is 10. The summed E-state index contributed by atoms with van der Waals surface area (Å²) in [5, 5.41) is 11.2. The fraction of sp³-hybridized carbons (Fsp3) is 0.346. The SMILES string of the molecule is CCOC(=O)C1=C(F)N(S(=O)(=O)c2ccc(C)cc2)C(C(=O)OCC)(C(=O)OCC)C1c1ccc([N+](=O)[O-])cc1. The summed E-state index contributed by atoms with van der Waals surface area (Å²) in [6.45, 7) is 4.86. The van der Waals surface area contributed by atoms with Crippen molar-refractivity contribution >= 4 is 33.6 Å². The predicted molar refractivity (Wildman–Crippen MR) is 137 cm³/mol. The van der Waals surface area contributed by atoms with Gasteiger partial charge in [-0.1, -0.05) is 29.8 Å². The molecule has 0 radical (unpaired) electrons. The number of esters is 3. The van der Waals surface area contributed by atoms with E-state index < -0.39 is 66.4 Å². The molecule has 14 heteroatoms. The first-order valence-electron chi connectivity index (χ1n) is 12.2. The molecule has 0 saturated carbocycles. The number of ether oxygens (including phenoxy) is 3. The Bertz CT molecular complexity index is 1440. The van der Waals surface area contributed by atoms with Gasteiger partial charge in [-0.3, -0.25) is 10.1 Å². The molecule has 1 heterocycles. The molecule has 0 aromatic heterocycles. The van der Waals surface area contributed by atoms with Crippen molar-refractivity contribution in [3.8, 4) is 0 Å². The number of carbonyl (C=O) groups is 3. The fourth-order valence-corrected chi connectivity index (χ4v) is 6.03. The van der Waals surface area contributed by atoms with E-state index in [0.29, 0.717) is 5.56 Å². The van der Waals surface area contributed by atoms with E-state index in [2.05, 4.69) is 0 Å². The highest BCUT2D eigenvalue weighted by Crippen LogP contribution is 2.53. The lowest BCUT2D eigenvalue weighted by Gasteiger charge is -2.38. The van der Waals surface area contributed by atoms with E-state index in [0.717, 1.165) is 36.4 Å². The molecule has 1 atom stereocenters. The highest BCUT2D eigenvalue weighted by molar-refractivity contribution is 7.89. The van der Waals surface area contributed by atoms with Gasteiger partial charge in [-0.15, -0.1) is 0 Å². The fourth-order valence-electron chi connectivity index (χ4n) is 4.39. The van der Waals surface area contributed by atoms with E-state index in [1.54, 1.807) is 6.92 Å². The molecular weight excluding hydrogens is 551 g/mol. The minimum absolute atomic E-state index is 0.0982. The van der Waals surface area contributed by atoms with Gasteiger partial charge in [-0.2, -0.15) is 4.39 Å². The molecule has 2 aromatic rings. The number of sulfonamides is 1. The second-order valence-corrected chi connectivity index (χ2v) is 10.3. The number of nitro groups is 1. The third-order valence-electron chi connectivity index (χ3n) is 6.09. The number of carbonyl (C=O) groups excluding carboxylic acids is 3. The van der Waals surface area contributed by atoms with Crippen molar-refractivity contribution in [1.82, 2.24) is 4.31 Å². The first-order chi connectivity index (χ1) is 18.9. The summed E-state index contributed by atoms with van der Waals surface area (Å²) in [6.07, 6.45) is 0. The molecule has 0 fully saturated rings. The van der Waals surface area contributed by atoms with Gasteiger partial charge in [-0.25, -0.2) is 27.1 Å². The van der Waals surface area contributed by atoms with Crippen LogP contribution >= 0.6 is 0 Å². The lowest BCUT2D eigenvalue weighted by molar-refractivity contribution is -0.384. The van der Waals surface area contributed by atoms with Gasteiger partial charge < -0.3 is 14.2 Å². The molecule has 0 N–H and O–H groups in total. The van der Waals surface area contributed by atoms with Crippen molar-refractivity contribution in [2.45, 2.75) is 44.0 Å². The second-order valence-electron chi connectivity index (χ2n) is 8.50. The molecule has 2 aromatic carbocycles. The monoisotopic (exact) mass is 578 g/mol. The molecule has 40 heavy (non-hydrogen) atoms. The van der Waals surface area contributed by atoms with Gasteiger partial charge in [0.25, 0.3) is 21.2 Å². The van der Waals surface area contributed by atoms with Crippen molar-refractivity contribution in [1.29, 1.82) is 0 Å². The van der Waals surface area contributed by atoms with E-state index >= 15 is 4.39 Å². The van der Waals surface area contributed by atoms with Gasteiger partial charge in [-0.05, 0) is 45.4 Å². The van der Waals surface area contributed by atoms with Gasteiger partial charge in [0.1, 0.15) is 5.57 Å². The summed E-state index contributed by atoms with van der Waals surface area (Å²) in [5.74, 6) is -8.18. The van der Waals surface area contributed by atoms with Gasteiger partial charge >= 0.3 is 17.9 Å². The summed E-state index contributed by atoms with van der Waals surface area (Å²) < 4.78 is 59.7. The largest absolute Gasteiger partial charge is 0.464 e. The van der Waals surface area contributed by atoms with Crippen LogP contribution in [0.5, 0.6) is 0 Å². The van der Waals surface area contributed by atoms with E-state index in [9.17, 15) is 32.9 Å². The molecule has 3 rings (SSSR count). The maximum Gasteiger partial charge on any atom is 0.345 e. The zero-order valence-electron chi connectivity index (χ0n) is 22.1. The number of non-ortho nitro benzene ring substituents is 1. The van der Waals surface area contributed by atoms with Crippen LogP contribution in [0.15, 0.2) is 65.0 Å². The molecule has 0 spiro atoms. The maximum atomic E-state index is 16.5. The lowest BCUT2D eigenvalue weighted by Crippen LogP contribution is -2.63. The highest BCUT2D eigenvalue weighted by Gasteiger charge is 2.71. The van der Waals surface area contributed by atoms with E-state index in [-0.39, 0.29) is 29.7 Å². The molecule has 214 valence electrons. The molecule has 1 aliphatic rings. The van der Waals surface area contributed by atoms with Crippen LogP contribution in [0.1, 0.15) is 37.8 Å². The zero-order valence-corrected chi connectivity index (χ0v) is 22.9. The standard InChI is InChI=1S/C26H27FN2O10S/c1-5-37-23(30)20-21(17-10-12-18(13-11-17)29(33)34)26(24(31)38-6-2,25(32)39-7-3)28(22(20)27)40(35,36)19-14-8-16(4)9-15-19/h8-15,21H,5-7H2,1-4H3. The molecule has 0 aliphatic carbocycles. The van der Waals surface area contributed by atoms with Crippen molar-refractivity contribution in [2.75, 3.05) is 19.8 Å². The van der Waals surface area contributed by atoms with Crippen LogP contribution in [0.4, 0.5) is 10.1 Å². The minimum Gasteiger partial charge on any atom is -0.464 e. The quantitative estimate of drug-likeness (QED) is 0.102. The van der Waals surface area contributed by atoms with Gasteiger partial charge in [0.05, 0.1) is 35.6 Å². The third-order valence-corrected chi connectivity index (χ3v) is 7.89. The van der Waals surface area contributed by atoms with Crippen LogP contribution in [0.25, 0.3) is 0 Å². The Labute approximate surface area is 229 Å². The highest BCUT2D eigenvalue weighted by atomic mass is 32.2. The number of aryl methyl sites for hydroxylation is 1. The van der Waals surface area contributed by atoms with E-state index in [1.807, 2.05) is 0 Å². The number of halogens is 1. The zero-order chi connectivity index (χ0) is 29.8. The number of hydrogen-bond donors (Lipinski definition) is 0. The summed E-state index contributed by atoms with van der Waals surface area (Å²) >= 11 is 0. The van der Waals surface area contributed by atoms with Crippen molar-refractivity contribution in [2.24, 2.45) is 0 Å². The molecule has 0 bridgehead atoms. The second kappa shape index (κ2) is 11.8. The molecule has 0 saturated heterocycles. The summed E-state index contributed by atoms with van der Waals surface area (Å²) in [5.41, 5.74) is -4.06. The number of nitro benzene ring substituents is 1. The molecule has 12 nitrogen and oxygen atoms in total. The topological polar surface area (TPSA) is 159 Å². The molecular formula is C26H27FN2O10S. The minimum atomic E-state index is -5.10.